The lowest BCUT2D eigenvalue weighted by atomic mass is 10.0. The number of carbonyl (C=O) groups is 1. The van der Waals surface area contributed by atoms with Crippen LogP contribution in [-0.2, 0) is 11.2 Å². The van der Waals surface area contributed by atoms with E-state index in [1.165, 1.54) is 18.2 Å². The molecule has 1 aliphatic heterocycles. The van der Waals surface area contributed by atoms with Crippen molar-refractivity contribution < 1.29 is 23.1 Å². The van der Waals surface area contributed by atoms with Gasteiger partial charge >= 0.3 is 6.18 Å². The summed E-state index contributed by atoms with van der Waals surface area (Å²) in [6.07, 6.45) is -6.38. The second kappa shape index (κ2) is 7.14. The van der Waals surface area contributed by atoms with Crippen molar-refractivity contribution in [1.29, 1.82) is 0 Å². The van der Waals surface area contributed by atoms with Crippen LogP contribution in [0.5, 0.6) is 0 Å². The van der Waals surface area contributed by atoms with Crippen molar-refractivity contribution in [2.24, 2.45) is 5.10 Å². The summed E-state index contributed by atoms with van der Waals surface area (Å²) in [6.45, 7) is 0. The summed E-state index contributed by atoms with van der Waals surface area (Å²) in [5.41, 5.74) is -2.94. The number of hydrogen-bond donors (Lipinski definition) is 1. The van der Waals surface area contributed by atoms with Crippen molar-refractivity contribution in [3.05, 3.63) is 69.7 Å². The average molecular weight is 417 g/mol. The maximum Gasteiger partial charge on any atom is 0.438 e. The Kier molecular flexibility index (Phi) is 5.20. The molecule has 1 atom stereocenters. The fourth-order valence-electron chi connectivity index (χ4n) is 2.75. The number of carbonyl (C=O) groups excluding carboxylic acids is 1. The summed E-state index contributed by atoms with van der Waals surface area (Å²) in [7, 11) is 0. The van der Waals surface area contributed by atoms with E-state index in [0.29, 0.717) is 10.6 Å². The van der Waals surface area contributed by atoms with Gasteiger partial charge in [0.2, 0.25) is 5.91 Å². The van der Waals surface area contributed by atoms with Gasteiger partial charge in [-0.25, -0.2) is 0 Å². The first kappa shape index (κ1) is 19.7. The van der Waals surface area contributed by atoms with E-state index in [9.17, 15) is 23.1 Å². The molecule has 0 radical (unpaired) electrons. The van der Waals surface area contributed by atoms with Crippen molar-refractivity contribution in [3.8, 4) is 0 Å². The Morgan fingerprint density at radius 1 is 1.19 bits per heavy atom. The number of halogens is 5. The molecule has 4 nitrogen and oxygen atoms in total. The first-order valence-corrected chi connectivity index (χ1v) is 8.56. The maximum absolute atomic E-state index is 13.6. The van der Waals surface area contributed by atoms with Crippen molar-refractivity contribution >= 4 is 34.8 Å². The largest absolute Gasteiger partial charge is 0.438 e. The smallest absolute Gasteiger partial charge is 0.362 e. The Morgan fingerprint density at radius 2 is 1.85 bits per heavy atom. The summed E-state index contributed by atoms with van der Waals surface area (Å²) >= 11 is 11.8. The predicted octanol–water partition coefficient (Wildman–Crippen LogP) is 4.42. The van der Waals surface area contributed by atoms with Crippen LogP contribution in [0.15, 0.2) is 53.6 Å². The van der Waals surface area contributed by atoms with Gasteiger partial charge < -0.3 is 5.11 Å². The summed E-state index contributed by atoms with van der Waals surface area (Å²) in [5, 5.41) is 14.5. The van der Waals surface area contributed by atoms with Crippen LogP contribution in [0, 0.1) is 0 Å². The van der Waals surface area contributed by atoms with Gasteiger partial charge in [-0.3, -0.25) is 4.79 Å². The topological polar surface area (TPSA) is 52.9 Å². The highest BCUT2D eigenvalue weighted by atomic mass is 35.5. The molecule has 0 spiro atoms. The van der Waals surface area contributed by atoms with Crippen LogP contribution in [0.25, 0.3) is 0 Å². The third kappa shape index (κ3) is 3.81. The zero-order chi connectivity index (χ0) is 19.8. The first-order chi connectivity index (χ1) is 12.6. The fourth-order valence-corrected chi connectivity index (χ4v) is 3.27. The highest BCUT2D eigenvalue weighted by Gasteiger charge is 2.63. The van der Waals surface area contributed by atoms with Gasteiger partial charge in [0, 0.05) is 10.6 Å². The lowest BCUT2D eigenvalue weighted by Crippen LogP contribution is -2.57. The van der Waals surface area contributed by atoms with Gasteiger partial charge in [-0.2, -0.15) is 23.3 Å². The zero-order valence-electron chi connectivity index (χ0n) is 13.7. The number of hydrogen-bond acceptors (Lipinski definition) is 3. The van der Waals surface area contributed by atoms with Crippen LogP contribution in [0.4, 0.5) is 13.2 Å². The van der Waals surface area contributed by atoms with E-state index in [0.717, 1.165) is 0 Å². The summed E-state index contributed by atoms with van der Waals surface area (Å²) in [6, 6.07) is 12.4. The number of aliphatic hydroxyl groups is 1. The highest BCUT2D eigenvalue weighted by molar-refractivity contribution is 6.37. The Balaban J connectivity index is 1.98. The normalized spacial score (nSPS) is 19.9. The third-order valence-electron chi connectivity index (χ3n) is 4.12. The standard InChI is InChI=1S/C18H13Cl2F3N2O2/c19-12-6-7-13(14(20)9-12)15-10-17(27,18(21,22)23)25(24-15)16(26)8-11-4-2-1-3-5-11/h1-7,9,27H,8,10H2. The Bertz CT molecular complexity index is 903. The number of hydrazone groups is 1. The van der Waals surface area contributed by atoms with E-state index in [1.54, 1.807) is 30.3 Å². The van der Waals surface area contributed by atoms with E-state index in [1.807, 2.05) is 0 Å². The van der Waals surface area contributed by atoms with Gasteiger partial charge in [0.15, 0.2) is 0 Å². The molecule has 1 aliphatic rings. The molecule has 0 saturated carbocycles. The van der Waals surface area contributed by atoms with Crippen molar-refractivity contribution in [2.45, 2.75) is 24.7 Å². The van der Waals surface area contributed by atoms with Crippen molar-refractivity contribution in [1.82, 2.24) is 5.01 Å². The molecule has 1 N–H and O–H groups in total. The quantitative estimate of drug-likeness (QED) is 0.804. The molecule has 0 aromatic heterocycles. The Hall–Kier alpha value is -2.09. The van der Waals surface area contributed by atoms with Gasteiger partial charge in [0.1, 0.15) is 0 Å². The minimum Gasteiger partial charge on any atom is -0.362 e. The summed E-state index contributed by atoms with van der Waals surface area (Å²) in [4.78, 5) is 12.5. The number of amides is 1. The highest BCUT2D eigenvalue weighted by Crippen LogP contribution is 2.42. The van der Waals surface area contributed by atoms with Crippen molar-refractivity contribution in [3.63, 3.8) is 0 Å². The monoisotopic (exact) mass is 416 g/mol. The molecule has 27 heavy (non-hydrogen) atoms. The lowest BCUT2D eigenvalue weighted by molar-refractivity contribution is -0.302. The van der Waals surface area contributed by atoms with Gasteiger partial charge in [-0.05, 0) is 17.7 Å². The third-order valence-corrected chi connectivity index (χ3v) is 4.66. The zero-order valence-corrected chi connectivity index (χ0v) is 15.2. The molecule has 142 valence electrons. The number of rotatable bonds is 3. The molecule has 9 heteroatoms. The van der Waals surface area contributed by atoms with Crippen LogP contribution in [-0.4, -0.2) is 33.6 Å². The average Bonchev–Trinajstić information content (AvgIpc) is 2.94. The molecule has 0 fully saturated rings. The number of nitrogens with zero attached hydrogens (tertiary/aromatic N) is 2. The Labute approximate surface area is 162 Å². The van der Waals surface area contributed by atoms with E-state index < -0.39 is 24.2 Å². The second-order valence-corrected chi connectivity index (χ2v) is 6.87. The van der Waals surface area contributed by atoms with E-state index >= 15 is 0 Å². The van der Waals surface area contributed by atoms with Crippen LogP contribution in [0.3, 0.4) is 0 Å². The van der Waals surface area contributed by atoms with Gasteiger partial charge in [-0.1, -0.05) is 59.6 Å². The fraction of sp³-hybridized carbons (Fsp3) is 0.222. The number of benzene rings is 2. The van der Waals surface area contributed by atoms with Crippen LogP contribution >= 0.6 is 23.2 Å². The molecule has 1 amide bonds. The summed E-state index contributed by atoms with van der Waals surface area (Å²) in [5.74, 6) is -0.985. The molecular formula is C18H13Cl2F3N2O2. The minimum atomic E-state index is -5.11. The van der Waals surface area contributed by atoms with E-state index in [-0.39, 0.29) is 27.7 Å². The van der Waals surface area contributed by atoms with E-state index in [4.69, 9.17) is 23.2 Å². The number of alkyl halides is 3. The minimum absolute atomic E-state index is 0.0723. The van der Waals surface area contributed by atoms with Gasteiger partial charge in [0.05, 0.1) is 23.6 Å². The lowest BCUT2D eigenvalue weighted by Gasteiger charge is -2.32. The van der Waals surface area contributed by atoms with Crippen LogP contribution in [0.2, 0.25) is 10.0 Å². The predicted molar refractivity (Wildman–Crippen MR) is 95.6 cm³/mol. The molecule has 0 saturated heterocycles. The van der Waals surface area contributed by atoms with Crippen LogP contribution < -0.4 is 0 Å². The molecule has 0 bridgehead atoms. The van der Waals surface area contributed by atoms with Crippen LogP contribution in [0.1, 0.15) is 17.5 Å². The molecule has 2 aromatic carbocycles. The molecular weight excluding hydrogens is 404 g/mol. The molecule has 1 heterocycles. The second-order valence-electron chi connectivity index (χ2n) is 6.03. The molecule has 3 rings (SSSR count). The molecule has 2 aromatic rings. The maximum atomic E-state index is 13.6. The first-order valence-electron chi connectivity index (χ1n) is 7.81. The van der Waals surface area contributed by atoms with Crippen molar-refractivity contribution in [2.75, 3.05) is 0 Å². The molecule has 1 unspecified atom stereocenters. The Morgan fingerprint density at radius 3 is 2.44 bits per heavy atom. The summed E-state index contributed by atoms with van der Waals surface area (Å²) < 4.78 is 40.7. The SMILES string of the molecule is O=C(Cc1ccccc1)N1N=C(c2ccc(Cl)cc2Cl)CC1(O)C(F)(F)F. The van der Waals surface area contributed by atoms with Gasteiger partial charge in [0.25, 0.3) is 5.72 Å². The van der Waals surface area contributed by atoms with E-state index in [2.05, 4.69) is 5.10 Å². The van der Waals surface area contributed by atoms with Gasteiger partial charge in [-0.15, -0.1) is 0 Å². The molecule has 0 aliphatic carbocycles.